The third kappa shape index (κ3) is 1.76. The Labute approximate surface area is 97.1 Å². The van der Waals surface area contributed by atoms with E-state index in [9.17, 15) is 4.79 Å². The number of nitrogens with two attached hydrogens (primary N) is 1. The molecule has 0 spiro atoms. The largest absolute Gasteiger partial charge is 0.480 e. The fraction of sp³-hybridized carbons (Fsp3) is 0.364. The summed E-state index contributed by atoms with van der Waals surface area (Å²) in [6.45, 7) is 0. The number of rotatable bonds is 3. The topological polar surface area (TPSA) is 93.5 Å². The smallest absolute Gasteiger partial charge is 0.325 e. The first-order chi connectivity index (χ1) is 8.15. The van der Waals surface area contributed by atoms with Gasteiger partial charge >= 0.3 is 5.97 Å². The summed E-state index contributed by atoms with van der Waals surface area (Å²) in [6.07, 6.45) is 3.91. The minimum absolute atomic E-state index is 0.478. The number of hydrogen-bond acceptors (Lipinski definition) is 4. The van der Waals surface area contributed by atoms with E-state index in [-0.39, 0.29) is 0 Å². The lowest BCUT2D eigenvalue weighted by molar-refractivity contribution is -0.138. The van der Waals surface area contributed by atoms with Gasteiger partial charge in [-0.25, -0.2) is 9.50 Å². The number of fused-ring (bicyclic) bond motifs is 1. The monoisotopic (exact) mass is 232 g/mol. The third-order valence-corrected chi connectivity index (χ3v) is 2.94. The summed E-state index contributed by atoms with van der Waals surface area (Å²) in [5, 5.41) is 13.2. The van der Waals surface area contributed by atoms with Crippen molar-refractivity contribution in [3.8, 4) is 0 Å². The van der Waals surface area contributed by atoms with Gasteiger partial charge in [-0.2, -0.15) is 5.10 Å². The molecule has 0 aliphatic heterocycles. The van der Waals surface area contributed by atoms with E-state index in [0.717, 1.165) is 24.3 Å². The number of aliphatic carboxylic acids is 1. The van der Waals surface area contributed by atoms with Crippen LogP contribution in [0.3, 0.4) is 0 Å². The van der Waals surface area contributed by atoms with Gasteiger partial charge in [0, 0.05) is 12.1 Å². The number of carboxylic acid groups (broad SMARTS) is 1. The number of hydrogen-bond donors (Lipinski definition) is 2. The zero-order valence-electron chi connectivity index (χ0n) is 9.08. The SMILES string of the molecule is NC(C(=O)O)c1ccc2nc(C3CC3)nn2c1. The van der Waals surface area contributed by atoms with Gasteiger partial charge in [0.15, 0.2) is 11.5 Å². The van der Waals surface area contributed by atoms with Crippen LogP contribution in [0.4, 0.5) is 0 Å². The molecule has 0 aromatic carbocycles. The van der Waals surface area contributed by atoms with Gasteiger partial charge in [0.1, 0.15) is 6.04 Å². The fourth-order valence-corrected chi connectivity index (χ4v) is 1.76. The molecule has 2 aromatic rings. The predicted octanol–water partition coefficient (Wildman–Crippen LogP) is 0.691. The maximum absolute atomic E-state index is 10.8. The van der Waals surface area contributed by atoms with E-state index in [1.54, 1.807) is 22.8 Å². The van der Waals surface area contributed by atoms with E-state index >= 15 is 0 Å². The van der Waals surface area contributed by atoms with Crippen LogP contribution in [0, 0.1) is 0 Å². The zero-order chi connectivity index (χ0) is 12.0. The molecule has 6 nitrogen and oxygen atoms in total. The van der Waals surface area contributed by atoms with E-state index in [1.807, 2.05) is 0 Å². The molecule has 1 fully saturated rings. The van der Waals surface area contributed by atoms with Crippen molar-refractivity contribution in [2.75, 3.05) is 0 Å². The van der Waals surface area contributed by atoms with E-state index < -0.39 is 12.0 Å². The predicted molar refractivity (Wildman–Crippen MR) is 59.5 cm³/mol. The fourth-order valence-electron chi connectivity index (χ4n) is 1.76. The molecule has 88 valence electrons. The molecule has 17 heavy (non-hydrogen) atoms. The Morgan fingerprint density at radius 2 is 2.29 bits per heavy atom. The highest BCUT2D eigenvalue weighted by Gasteiger charge is 2.28. The number of carboxylic acids is 1. The highest BCUT2D eigenvalue weighted by atomic mass is 16.4. The molecule has 6 heteroatoms. The van der Waals surface area contributed by atoms with Crippen molar-refractivity contribution in [1.82, 2.24) is 14.6 Å². The molecule has 1 saturated carbocycles. The van der Waals surface area contributed by atoms with Gasteiger partial charge in [-0.15, -0.1) is 0 Å². The van der Waals surface area contributed by atoms with Crippen LogP contribution in [0.25, 0.3) is 5.65 Å². The lowest BCUT2D eigenvalue weighted by Crippen LogP contribution is -2.20. The van der Waals surface area contributed by atoms with E-state index in [0.29, 0.717) is 11.5 Å². The summed E-state index contributed by atoms with van der Waals surface area (Å²) in [6, 6.07) is 2.41. The normalized spacial score (nSPS) is 17.2. The molecule has 3 N–H and O–H groups in total. The summed E-state index contributed by atoms with van der Waals surface area (Å²) >= 11 is 0. The summed E-state index contributed by atoms with van der Waals surface area (Å²) in [4.78, 5) is 15.2. The van der Waals surface area contributed by atoms with Crippen LogP contribution in [-0.2, 0) is 4.79 Å². The molecule has 1 unspecified atom stereocenters. The highest BCUT2D eigenvalue weighted by molar-refractivity contribution is 5.75. The van der Waals surface area contributed by atoms with Crippen LogP contribution in [0.5, 0.6) is 0 Å². The molecule has 0 radical (unpaired) electrons. The molecule has 1 aliphatic rings. The molecule has 0 saturated heterocycles. The van der Waals surface area contributed by atoms with Crippen LogP contribution in [0.2, 0.25) is 0 Å². The minimum Gasteiger partial charge on any atom is -0.480 e. The lowest BCUT2D eigenvalue weighted by Gasteiger charge is -2.05. The Hall–Kier alpha value is -1.95. The van der Waals surface area contributed by atoms with E-state index in [1.165, 1.54) is 0 Å². The number of carbonyl (C=O) groups is 1. The second-order valence-electron chi connectivity index (χ2n) is 4.33. The Kier molecular flexibility index (Phi) is 2.12. The van der Waals surface area contributed by atoms with Crippen LogP contribution in [0.15, 0.2) is 18.3 Å². The summed E-state index contributed by atoms with van der Waals surface area (Å²) in [5.41, 5.74) is 6.80. The van der Waals surface area contributed by atoms with Gasteiger partial charge in [0.05, 0.1) is 0 Å². The van der Waals surface area contributed by atoms with Crippen molar-refractivity contribution in [2.24, 2.45) is 5.73 Å². The number of aromatic nitrogens is 3. The van der Waals surface area contributed by atoms with Gasteiger partial charge in [-0.1, -0.05) is 6.07 Å². The quantitative estimate of drug-likeness (QED) is 0.812. The molecular weight excluding hydrogens is 220 g/mol. The molecule has 0 bridgehead atoms. The van der Waals surface area contributed by atoms with Gasteiger partial charge in [-0.05, 0) is 24.5 Å². The second-order valence-corrected chi connectivity index (χ2v) is 4.33. The first-order valence-corrected chi connectivity index (χ1v) is 5.50. The third-order valence-electron chi connectivity index (χ3n) is 2.94. The Morgan fingerprint density at radius 3 is 2.94 bits per heavy atom. The second kappa shape index (κ2) is 3.53. The molecule has 1 aliphatic carbocycles. The average Bonchev–Trinajstić information content (AvgIpc) is 3.07. The molecule has 1 atom stereocenters. The van der Waals surface area contributed by atoms with Gasteiger partial charge < -0.3 is 10.8 Å². The van der Waals surface area contributed by atoms with Crippen LogP contribution < -0.4 is 5.73 Å². The molecular formula is C11H12N4O2. The molecule has 0 amide bonds. The molecule has 2 heterocycles. The lowest BCUT2D eigenvalue weighted by atomic mass is 10.1. The molecule has 2 aromatic heterocycles. The van der Waals surface area contributed by atoms with Crippen LogP contribution in [-0.4, -0.2) is 25.7 Å². The van der Waals surface area contributed by atoms with Crippen molar-refractivity contribution >= 4 is 11.6 Å². The summed E-state index contributed by atoms with van der Waals surface area (Å²) in [7, 11) is 0. The van der Waals surface area contributed by atoms with Gasteiger partial charge in [0.2, 0.25) is 0 Å². The van der Waals surface area contributed by atoms with Gasteiger partial charge in [0.25, 0.3) is 0 Å². The van der Waals surface area contributed by atoms with Crippen molar-refractivity contribution in [3.63, 3.8) is 0 Å². The number of pyridine rings is 1. The zero-order valence-corrected chi connectivity index (χ0v) is 9.08. The average molecular weight is 232 g/mol. The first-order valence-electron chi connectivity index (χ1n) is 5.50. The van der Waals surface area contributed by atoms with Crippen molar-refractivity contribution in [2.45, 2.75) is 24.8 Å². The first kappa shape index (κ1) is 10.2. The van der Waals surface area contributed by atoms with E-state index in [4.69, 9.17) is 10.8 Å². The number of nitrogens with zero attached hydrogens (tertiary/aromatic N) is 3. The van der Waals surface area contributed by atoms with Crippen LogP contribution >= 0.6 is 0 Å². The van der Waals surface area contributed by atoms with Crippen LogP contribution in [0.1, 0.15) is 36.2 Å². The summed E-state index contributed by atoms with van der Waals surface area (Å²) < 4.78 is 1.60. The van der Waals surface area contributed by atoms with E-state index in [2.05, 4.69) is 10.1 Å². The standard InChI is InChI=1S/C11H12N4O2/c12-9(11(16)17)7-3-4-8-13-10(6-1-2-6)14-15(8)5-7/h3-6,9H,1-2,12H2,(H,16,17). The maximum Gasteiger partial charge on any atom is 0.325 e. The van der Waals surface area contributed by atoms with Crippen molar-refractivity contribution < 1.29 is 9.90 Å². The molecule has 3 rings (SSSR count). The van der Waals surface area contributed by atoms with Gasteiger partial charge in [-0.3, -0.25) is 4.79 Å². The Morgan fingerprint density at radius 1 is 1.53 bits per heavy atom. The summed E-state index contributed by atoms with van der Waals surface area (Å²) in [5.74, 6) is 0.268. The Bertz CT molecular complexity index is 588. The minimum atomic E-state index is -1.05. The van der Waals surface area contributed by atoms with Crippen molar-refractivity contribution in [1.29, 1.82) is 0 Å². The maximum atomic E-state index is 10.8. The highest BCUT2D eigenvalue weighted by Crippen LogP contribution is 2.38. The van der Waals surface area contributed by atoms with Crippen molar-refractivity contribution in [3.05, 3.63) is 29.7 Å². The Balaban J connectivity index is 2.02.